The lowest BCUT2D eigenvalue weighted by Gasteiger charge is -2.27. The van der Waals surface area contributed by atoms with E-state index in [0.29, 0.717) is 24.4 Å². The lowest BCUT2D eigenvalue weighted by molar-refractivity contribution is 0.455. The van der Waals surface area contributed by atoms with Gasteiger partial charge in [-0.2, -0.15) is 13.1 Å². The number of rotatable bonds is 7. The van der Waals surface area contributed by atoms with Gasteiger partial charge in [-0.25, -0.2) is 9.98 Å². The van der Waals surface area contributed by atoms with Gasteiger partial charge in [0.05, 0.1) is 17.2 Å². The number of hydrogen-bond acceptors (Lipinski definition) is 7. The van der Waals surface area contributed by atoms with E-state index in [9.17, 15) is 8.42 Å². The fraction of sp³-hybridized carbons (Fsp3) is 0.222. The molecule has 0 saturated carbocycles. The largest absolute Gasteiger partial charge is 0.453 e. The predicted octanol–water partition coefficient (Wildman–Crippen LogP) is 4.63. The van der Waals surface area contributed by atoms with Crippen LogP contribution in [0.5, 0.6) is 0 Å². The van der Waals surface area contributed by atoms with Gasteiger partial charge in [0.25, 0.3) is 0 Å². The molecule has 10 heteroatoms. The van der Waals surface area contributed by atoms with Crippen LogP contribution < -0.4 is 15.0 Å². The van der Waals surface area contributed by atoms with Crippen LogP contribution in [-0.2, 0) is 10.3 Å². The van der Waals surface area contributed by atoms with E-state index in [-0.39, 0.29) is 0 Å². The Labute approximate surface area is 214 Å². The van der Waals surface area contributed by atoms with Crippen LogP contribution in [0.1, 0.15) is 19.4 Å². The maximum atomic E-state index is 11.2. The third kappa shape index (κ3) is 5.31. The van der Waals surface area contributed by atoms with E-state index in [1.807, 2.05) is 73.3 Å². The summed E-state index contributed by atoms with van der Waals surface area (Å²) in [5.74, 6) is 0.606. The second-order valence-electron chi connectivity index (χ2n) is 8.97. The van der Waals surface area contributed by atoms with E-state index in [0.717, 1.165) is 44.3 Å². The summed E-state index contributed by atoms with van der Waals surface area (Å²) in [6.45, 7) is 6.64. The number of hydrogen-bond donors (Lipinski definition) is 2. The minimum atomic E-state index is -4.29. The monoisotopic (exact) mass is 517 g/mol. The van der Waals surface area contributed by atoms with Gasteiger partial charge in [0.15, 0.2) is 11.3 Å². The first-order valence-corrected chi connectivity index (χ1v) is 13.4. The third-order valence-electron chi connectivity index (χ3n) is 6.14. The Morgan fingerprint density at radius 2 is 1.92 bits per heavy atom. The Morgan fingerprint density at radius 1 is 1.14 bits per heavy atom. The van der Waals surface area contributed by atoms with Gasteiger partial charge in [-0.05, 0) is 44.5 Å². The van der Waals surface area contributed by atoms with Crippen LogP contribution in [0.25, 0.3) is 33.3 Å². The van der Waals surface area contributed by atoms with E-state index in [4.69, 9.17) is 18.9 Å². The van der Waals surface area contributed by atoms with Crippen molar-refractivity contribution in [3.8, 4) is 11.5 Å². The standard InChI is InChI=1S/C27H27N5O4S/c1-4-32(16-18(3)31-37(33,34)35)20-12-17(2)26-24(13-20)36-25-14-23(29-19-8-7-11-28-15-19)21-9-5-6-10-22(21)27(25)30-26/h5-15,18,31H,4,16H2,1-3H3,(H,33,34,35). The highest BCUT2D eigenvalue weighted by Gasteiger charge is 2.19. The van der Waals surface area contributed by atoms with Crippen molar-refractivity contribution in [2.75, 3.05) is 18.0 Å². The van der Waals surface area contributed by atoms with Gasteiger partial charge in [-0.3, -0.25) is 9.54 Å². The summed E-state index contributed by atoms with van der Waals surface area (Å²) in [6, 6.07) is 17.0. The molecule has 0 saturated heterocycles. The molecule has 2 heterocycles. The molecule has 0 fully saturated rings. The molecule has 1 aliphatic heterocycles. The number of likely N-dealkylation sites (N-methyl/N-ethyl adjacent to an activating group) is 1. The number of pyridine rings is 1. The first kappa shape index (κ1) is 24.8. The summed E-state index contributed by atoms with van der Waals surface area (Å²) >= 11 is 0. The molecule has 2 N–H and O–H groups in total. The van der Waals surface area contributed by atoms with Crippen molar-refractivity contribution >= 4 is 43.6 Å². The van der Waals surface area contributed by atoms with Gasteiger partial charge in [0.1, 0.15) is 11.2 Å². The molecule has 9 nitrogen and oxygen atoms in total. The van der Waals surface area contributed by atoms with E-state index in [1.54, 1.807) is 19.3 Å². The summed E-state index contributed by atoms with van der Waals surface area (Å²) in [5.41, 5.74) is 4.65. The van der Waals surface area contributed by atoms with Crippen molar-refractivity contribution in [2.45, 2.75) is 26.8 Å². The Kier molecular flexibility index (Phi) is 6.63. The molecule has 0 bridgehead atoms. The highest BCUT2D eigenvalue weighted by atomic mass is 32.2. The topological polar surface area (TPSA) is 121 Å². The van der Waals surface area contributed by atoms with Crippen molar-refractivity contribution in [1.82, 2.24) is 14.7 Å². The zero-order valence-electron chi connectivity index (χ0n) is 20.7. The van der Waals surface area contributed by atoms with E-state index in [2.05, 4.69) is 9.71 Å². The van der Waals surface area contributed by atoms with Gasteiger partial charge < -0.3 is 9.32 Å². The van der Waals surface area contributed by atoms with Gasteiger partial charge in [-0.1, -0.05) is 24.3 Å². The van der Waals surface area contributed by atoms with Gasteiger partial charge in [-0.15, -0.1) is 0 Å². The molecule has 2 aliphatic rings. The summed E-state index contributed by atoms with van der Waals surface area (Å²) in [6.07, 6.45) is 3.42. The van der Waals surface area contributed by atoms with Crippen LogP contribution >= 0.6 is 0 Å². The summed E-state index contributed by atoms with van der Waals surface area (Å²) in [5, 5.41) is 2.67. The van der Waals surface area contributed by atoms with Crippen LogP contribution in [0.15, 0.2) is 76.4 Å². The number of aromatic nitrogens is 2. The summed E-state index contributed by atoms with van der Waals surface area (Å²) in [7, 11) is -4.29. The van der Waals surface area contributed by atoms with E-state index >= 15 is 0 Å². The fourth-order valence-corrected chi connectivity index (χ4v) is 5.15. The van der Waals surface area contributed by atoms with E-state index < -0.39 is 16.3 Å². The molecule has 1 unspecified atom stereocenters. The average Bonchev–Trinajstić information content (AvgIpc) is 2.86. The van der Waals surface area contributed by atoms with Crippen LogP contribution in [0.3, 0.4) is 0 Å². The quantitative estimate of drug-likeness (QED) is 0.183. The smallest absolute Gasteiger partial charge is 0.333 e. The Morgan fingerprint density at radius 3 is 2.62 bits per heavy atom. The second kappa shape index (κ2) is 9.89. The number of aryl methyl sites for hydroxylation is 1. The van der Waals surface area contributed by atoms with Crippen molar-refractivity contribution in [3.05, 3.63) is 77.9 Å². The molecule has 1 aliphatic carbocycles. The second-order valence-corrected chi connectivity index (χ2v) is 10.2. The fourth-order valence-electron chi connectivity index (χ4n) is 4.56. The average molecular weight is 518 g/mol. The number of fused-ring (bicyclic) bond motifs is 4. The minimum Gasteiger partial charge on any atom is -0.453 e. The Bertz CT molecular complexity index is 1740. The lowest BCUT2D eigenvalue weighted by atomic mass is 10.0. The molecule has 1 atom stereocenters. The highest BCUT2D eigenvalue weighted by molar-refractivity contribution is 7.83. The number of anilines is 1. The predicted molar refractivity (Wildman–Crippen MR) is 144 cm³/mol. The van der Waals surface area contributed by atoms with Gasteiger partial charge >= 0.3 is 10.3 Å². The van der Waals surface area contributed by atoms with Crippen molar-refractivity contribution in [3.63, 3.8) is 0 Å². The molecule has 0 spiro atoms. The van der Waals surface area contributed by atoms with Gasteiger partial charge in [0, 0.05) is 53.9 Å². The van der Waals surface area contributed by atoms with Crippen molar-refractivity contribution < 1.29 is 17.4 Å². The summed E-state index contributed by atoms with van der Waals surface area (Å²) in [4.78, 5) is 16.0. The molecule has 2 aromatic carbocycles. The molecule has 0 amide bonds. The maximum absolute atomic E-state index is 11.2. The van der Waals surface area contributed by atoms with Crippen LogP contribution in [0.2, 0.25) is 0 Å². The first-order chi connectivity index (χ1) is 17.7. The number of benzene rings is 3. The molecule has 0 radical (unpaired) electrons. The normalized spacial score (nSPS) is 13.5. The Balaban J connectivity index is 1.66. The first-order valence-electron chi connectivity index (χ1n) is 11.9. The molecular formula is C27H27N5O4S. The summed E-state index contributed by atoms with van der Waals surface area (Å²) < 4.78 is 40.2. The van der Waals surface area contributed by atoms with Crippen LogP contribution in [-0.4, -0.2) is 42.1 Å². The zero-order chi connectivity index (χ0) is 26.2. The maximum Gasteiger partial charge on any atom is 0.333 e. The molecule has 5 rings (SSSR count). The van der Waals surface area contributed by atoms with Crippen molar-refractivity contribution in [2.24, 2.45) is 4.99 Å². The molecule has 190 valence electrons. The molecule has 3 aromatic rings. The lowest BCUT2D eigenvalue weighted by Crippen LogP contribution is -2.41. The Hall–Kier alpha value is -3.86. The van der Waals surface area contributed by atoms with Crippen molar-refractivity contribution in [1.29, 1.82) is 0 Å². The molecule has 37 heavy (non-hydrogen) atoms. The van der Waals surface area contributed by atoms with Crippen LogP contribution in [0, 0.1) is 6.92 Å². The van der Waals surface area contributed by atoms with E-state index in [1.165, 1.54) is 0 Å². The van der Waals surface area contributed by atoms with Gasteiger partial charge in [0.2, 0.25) is 0 Å². The number of nitrogens with zero attached hydrogens (tertiary/aromatic N) is 4. The minimum absolute atomic E-state index is 0.362. The zero-order valence-corrected chi connectivity index (χ0v) is 21.5. The highest BCUT2D eigenvalue weighted by Crippen LogP contribution is 2.33. The SMILES string of the molecule is CCN(CC(C)NS(=O)(=O)O)c1cc(C)c2nc3c4ccccc4c(=Nc4cccnc4)cc-3oc2c1. The number of nitrogens with one attached hydrogen (secondary N) is 1. The molecular weight excluding hydrogens is 490 g/mol. The molecule has 1 aromatic heterocycles. The van der Waals surface area contributed by atoms with Crippen LogP contribution in [0.4, 0.5) is 11.4 Å². The third-order valence-corrected chi connectivity index (χ3v) is 6.84.